The summed E-state index contributed by atoms with van der Waals surface area (Å²) in [5, 5.41) is 15.3. The summed E-state index contributed by atoms with van der Waals surface area (Å²) in [4.78, 5) is 40.0. The second kappa shape index (κ2) is 11.3. The molecule has 0 saturated heterocycles. The van der Waals surface area contributed by atoms with Crippen LogP contribution in [-0.4, -0.2) is 45.7 Å². The van der Waals surface area contributed by atoms with Crippen molar-refractivity contribution < 1.29 is 24.2 Å². The second-order valence-electron chi connectivity index (χ2n) is 7.21. The molecule has 9 nitrogen and oxygen atoms in total. The third-order valence-corrected chi connectivity index (χ3v) is 5.15. The predicted molar refractivity (Wildman–Crippen MR) is 124 cm³/mol. The van der Waals surface area contributed by atoms with E-state index >= 15 is 0 Å². The number of amides is 2. The van der Waals surface area contributed by atoms with Gasteiger partial charge >= 0.3 is 12.1 Å². The summed E-state index contributed by atoms with van der Waals surface area (Å²) in [5.41, 5.74) is 3.61. The van der Waals surface area contributed by atoms with E-state index in [1.165, 1.54) is 6.92 Å². The number of carboxylic acid groups (broad SMARTS) is 1. The maximum absolute atomic E-state index is 12.3. The van der Waals surface area contributed by atoms with Gasteiger partial charge in [0.1, 0.15) is 12.4 Å². The van der Waals surface area contributed by atoms with Gasteiger partial charge in [0.2, 0.25) is 5.91 Å². The molecule has 0 aliphatic carbocycles. The minimum absolute atomic E-state index is 0.183. The summed E-state index contributed by atoms with van der Waals surface area (Å²) in [7, 11) is 0. The first-order valence-electron chi connectivity index (χ1n) is 10.1. The summed E-state index contributed by atoms with van der Waals surface area (Å²) in [6.45, 7) is 1.12. The first kappa shape index (κ1) is 24.0. The van der Waals surface area contributed by atoms with Crippen molar-refractivity contribution in [1.82, 2.24) is 15.4 Å². The quantitative estimate of drug-likeness (QED) is 0.406. The van der Waals surface area contributed by atoms with Crippen LogP contribution in [0.15, 0.2) is 60.8 Å². The Labute approximate surface area is 195 Å². The molecule has 0 radical (unpaired) electrons. The van der Waals surface area contributed by atoms with E-state index in [1.54, 1.807) is 36.5 Å². The summed E-state index contributed by atoms with van der Waals surface area (Å²) >= 11 is 6.15. The molecule has 172 valence electrons. The van der Waals surface area contributed by atoms with Gasteiger partial charge in [0, 0.05) is 30.1 Å². The van der Waals surface area contributed by atoms with Crippen LogP contribution in [-0.2, 0) is 20.9 Å². The first-order valence-corrected chi connectivity index (χ1v) is 10.5. The van der Waals surface area contributed by atoms with Gasteiger partial charge in [-0.2, -0.15) is 0 Å². The van der Waals surface area contributed by atoms with Gasteiger partial charge in [-0.1, -0.05) is 54.1 Å². The molecule has 1 aromatic heterocycles. The molecule has 1 heterocycles. The molecule has 2 aromatic carbocycles. The normalized spacial score (nSPS) is 11.6. The van der Waals surface area contributed by atoms with Gasteiger partial charge in [0.05, 0.1) is 12.5 Å². The van der Waals surface area contributed by atoms with Gasteiger partial charge in [-0.25, -0.2) is 15.2 Å². The summed E-state index contributed by atoms with van der Waals surface area (Å²) < 4.78 is 5.21. The number of hydrogen-bond donors (Lipinski definition) is 3. The van der Waals surface area contributed by atoms with Crippen molar-refractivity contribution in [3.8, 4) is 0 Å². The highest BCUT2D eigenvalue weighted by molar-refractivity contribution is 6.31. The van der Waals surface area contributed by atoms with Crippen LogP contribution in [0.4, 0.5) is 10.6 Å². The number of carboxylic acids is 1. The van der Waals surface area contributed by atoms with Crippen LogP contribution < -0.4 is 10.7 Å². The molecular weight excluding hydrogens is 448 g/mol. The summed E-state index contributed by atoms with van der Waals surface area (Å²) in [5.74, 6) is -1.30. The zero-order chi connectivity index (χ0) is 23.8. The molecule has 1 atom stereocenters. The van der Waals surface area contributed by atoms with Gasteiger partial charge in [0.15, 0.2) is 0 Å². The SMILES string of the molecule is CC(=O)N(NCc1ccccc1Cl)[C@H](COC(=O)Nc1cc2ccccc2cn1)CC(=O)O. The van der Waals surface area contributed by atoms with Crippen molar-refractivity contribution in [2.45, 2.75) is 25.9 Å². The minimum Gasteiger partial charge on any atom is -0.481 e. The van der Waals surface area contributed by atoms with E-state index in [2.05, 4.69) is 15.7 Å². The van der Waals surface area contributed by atoms with Crippen LogP contribution in [0, 0.1) is 0 Å². The number of fused-ring (bicyclic) bond motifs is 1. The smallest absolute Gasteiger partial charge is 0.412 e. The highest BCUT2D eigenvalue weighted by atomic mass is 35.5. The van der Waals surface area contributed by atoms with Crippen molar-refractivity contribution in [3.63, 3.8) is 0 Å². The standard InChI is InChI=1S/C23H23ClN4O5/c1-15(29)28(26-13-18-8-4-5-9-20(18)24)19(11-22(30)31)14-33-23(32)27-21-10-16-6-2-3-7-17(16)12-25-21/h2-10,12,19,26H,11,13-14H2,1H3,(H,30,31)(H,25,27,32)/t19-/m0/s1. The molecule has 0 bridgehead atoms. The Hall–Kier alpha value is -3.69. The Morgan fingerprint density at radius 2 is 1.82 bits per heavy atom. The predicted octanol–water partition coefficient (Wildman–Crippen LogP) is 3.83. The molecule has 0 spiro atoms. The first-order chi connectivity index (χ1) is 15.8. The molecule has 0 unspecified atom stereocenters. The molecule has 33 heavy (non-hydrogen) atoms. The lowest BCUT2D eigenvalue weighted by Gasteiger charge is -2.30. The number of ether oxygens (including phenoxy) is 1. The Bertz CT molecular complexity index is 1160. The third kappa shape index (κ3) is 6.90. The summed E-state index contributed by atoms with van der Waals surface area (Å²) in [6.07, 6.45) is 0.369. The van der Waals surface area contributed by atoms with Gasteiger partial charge in [-0.15, -0.1) is 0 Å². The van der Waals surface area contributed by atoms with E-state index in [1.807, 2.05) is 24.3 Å². The van der Waals surface area contributed by atoms with E-state index < -0.39 is 30.4 Å². The fraction of sp³-hybridized carbons (Fsp3) is 0.217. The fourth-order valence-corrected chi connectivity index (χ4v) is 3.40. The molecule has 0 aliphatic heterocycles. The second-order valence-corrected chi connectivity index (χ2v) is 7.61. The molecule has 3 aromatic rings. The monoisotopic (exact) mass is 470 g/mol. The van der Waals surface area contributed by atoms with E-state index in [0.717, 1.165) is 21.3 Å². The number of aliphatic carboxylic acids is 1. The number of nitrogens with one attached hydrogen (secondary N) is 2. The molecule has 2 amide bonds. The van der Waals surface area contributed by atoms with Crippen LogP contribution in [0.1, 0.15) is 18.9 Å². The zero-order valence-corrected chi connectivity index (χ0v) is 18.6. The Morgan fingerprint density at radius 3 is 2.52 bits per heavy atom. The maximum atomic E-state index is 12.3. The largest absolute Gasteiger partial charge is 0.481 e. The maximum Gasteiger partial charge on any atom is 0.412 e. The average molecular weight is 471 g/mol. The van der Waals surface area contributed by atoms with Crippen LogP contribution >= 0.6 is 11.6 Å². The molecule has 3 N–H and O–H groups in total. The number of rotatable bonds is 9. The molecule has 10 heteroatoms. The number of aromatic nitrogens is 1. The fourth-order valence-electron chi connectivity index (χ4n) is 3.20. The third-order valence-electron chi connectivity index (χ3n) is 4.78. The van der Waals surface area contributed by atoms with E-state index in [-0.39, 0.29) is 19.0 Å². The number of anilines is 1. The van der Waals surface area contributed by atoms with Crippen LogP contribution in [0.5, 0.6) is 0 Å². The van der Waals surface area contributed by atoms with Crippen molar-refractivity contribution in [2.24, 2.45) is 0 Å². The van der Waals surface area contributed by atoms with E-state index in [4.69, 9.17) is 16.3 Å². The molecule has 0 fully saturated rings. The number of pyridine rings is 1. The lowest BCUT2D eigenvalue weighted by molar-refractivity contribution is -0.143. The minimum atomic E-state index is -1.15. The lowest BCUT2D eigenvalue weighted by Crippen LogP contribution is -2.51. The average Bonchev–Trinajstić information content (AvgIpc) is 2.78. The van der Waals surface area contributed by atoms with Gasteiger partial charge in [-0.3, -0.25) is 19.9 Å². The number of hydrogen-bond acceptors (Lipinski definition) is 6. The molecule has 0 saturated carbocycles. The van der Waals surface area contributed by atoms with E-state index in [9.17, 15) is 19.5 Å². The Kier molecular flexibility index (Phi) is 8.17. The van der Waals surface area contributed by atoms with Gasteiger partial charge in [-0.05, 0) is 23.1 Å². The van der Waals surface area contributed by atoms with Crippen molar-refractivity contribution in [1.29, 1.82) is 0 Å². The number of carbonyl (C=O) groups excluding carboxylic acids is 2. The van der Waals surface area contributed by atoms with E-state index in [0.29, 0.717) is 5.02 Å². The number of halogens is 1. The number of carbonyl (C=O) groups is 3. The van der Waals surface area contributed by atoms with Gasteiger partial charge in [0.25, 0.3) is 0 Å². The van der Waals surface area contributed by atoms with Crippen molar-refractivity contribution in [2.75, 3.05) is 11.9 Å². The lowest BCUT2D eigenvalue weighted by atomic mass is 10.2. The van der Waals surface area contributed by atoms with Crippen molar-refractivity contribution >= 4 is 46.2 Å². The molecule has 0 aliphatic rings. The van der Waals surface area contributed by atoms with Crippen molar-refractivity contribution in [3.05, 3.63) is 71.4 Å². The van der Waals surface area contributed by atoms with Crippen LogP contribution in [0.2, 0.25) is 5.02 Å². The molecule has 3 rings (SSSR count). The number of nitrogens with zero attached hydrogens (tertiary/aromatic N) is 2. The zero-order valence-electron chi connectivity index (χ0n) is 17.8. The number of benzene rings is 2. The Balaban J connectivity index is 1.64. The highest BCUT2D eigenvalue weighted by Gasteiger charge is 2.26. The topological polar surface area (TPSA) is 121 Å². The Morgan fingerprint density at radius 1 is 1.12 bits per heavy atom. The highest BCUT2D eigenvalue weighted by Crippen LogP contribution is 2.17. The van der Waals surface area contributed by atoms with Crippen LogP contribution in [0.25, 0.3) is 10.8 Å². The van der Waals surface area contributed by atoms with Gasteiger partial charge < -0.3 is 9.84 Å². The number of hydrazine groups is 1. The van der Waals surface area contributed by atoms with Crippen LogP contribution in [0.3, 0.4) is 0 Å². The molecular formula is C23H23ClN4O5. The summed E-state index contributed by atoms with van der Waals surface area (Å²) in [6, 6.07) is 15.3.